The van der Waals surface area contributed by atoms with E-state index < -0.39 is 17.3 Å². The van der Waals surface area contributed by atoms with E-state index in [0.29, 0.717) is 164 Å². The van der Waals surface area contributed by atoms with Crippen LogP contribution in [0.3, 0.4) is 0 Å². The van der Waals surface area contributed by atoms with Crippen LogP contribution >= 0.6 is 0 Å². The van der Waals surface area contributed by atoms with E-state index in [9.17, 15) is 85.3 Å². The largest absolute Gasteiger partial charge is 0.508 e. The highest BCUT2D eigenvalue weighted by Crippen LogP contribution is 2.52. The van der Waals surface area contributed by atoms with Crippen LogP contribution in [0.15, 0.2) is 220 Å². The van der Waals surface area contributed by atoms with Gasteiger partial charge in [-0.15, -0.1) is 0 Å². The molecule has 5 heterocycles. The molecule has 0 radical (unpaired) electrons. The number of carbonyl (C=O) groups excluding carboxylic acids is 2. The average Bonchev–Trinajstić information content (AvgIpc) is 0.743. The molecule has 2 aliphatic heterocycles. The molecule has 0 fully saturated rings. The smallest absolute Gasteiger partial charge is 0.204 e. The first-order valence-corrected chi connectivity index (χ1v) is 50.5. The number of ketones is 2. The summed E-state index contributed by atoms with van der Waals surface area (Å²) in [4.78, 5) is 66.8. The maximum atomic E-state index is 13.5. The molecular formula is C125H144O22. The number of ether oxygens (including phenoxy) is 2. The van der Waals surface area contributed by atoms with Crippen LogP contribution in [0, 0.1) is 58.3 Å². The number of benzene rings is 10. The Bertz CT molecular complexity index is 7400. The third-order valence-corrected chi connectivity index (χ3v) is 26.8. The summed E-state index contributed by atoms with van der Waals surface area (Å²) in [5.41, 5.74) is 18.5. The second-order valence-electron chi connectivity index (χ2n) is 41.8. The number of aryl methyl sites for hydroxylation is 5. The van der Waals surface area contributed by atoms with E-state index in [0.717, 1.165) is 92.5 Å². The monoisotopic (exact) mass is 2000 g/mol. The molecule has 0 bridgehead atoms. The van der Waals surface area contributed by atoms with Gasteiger partial charge in [0.1, 0.15) is 157 Å². The van der Waals surface area contributed by atoms with Crippen molar-refractivity contribution >= 4 is 44.5 Å². The Morgan fingerprint density at radius 2 is 0.605 bits per heavy atom. The van der Waals surface area contributed by atoms with Gasteiger partial charge in [0.05, 0.1) is 28.5 Å². The number of phenols is 12. The first-order chi connectivity index (χ1) is 69.5. The van der Waals surface area contributed by atoms with Crippen LogP contribution in [0.2, 0.25) is 0 Å². The Morgan fingerprint density at radius 1 is 0.306 bits per heavy atom. The van der Waals surface area contributed by atoms with Gasteiger partial charge in [-0.3, -0.25) is 24.0 Å². The van der Waals surface area contributed by atoms with Crippen LogP contribution in [-0.2, 0) is 57.8 Å². The summed E-state index contributed by atoms with van der Waals surface area (Å²) in [6.45, 7) is 46.1. The van der Waals surface area contributed by atoms with Crippen molar-refractivity contribution in [2.45, 2.75) is 255 Å². The number of allylic oxidation sites excluding steroid dienone is 10. The molecule has 15 rings (SSSR count). The molecule has 22 heteroatoms. The quantitative estimate of drug-likeness (QED) is 0.0213. The molecule has 0 amide bonds. The minimum Gasteiger partial charge on any atom is -0.508 e. The Balaban J connectivity index is 0.000000175. The summed E-state index contributed by atoms with van der Waals surface area (Å²) in [6, 6.07) is 34.4. The highest BCUT2D eigenvalue weighted by molar-refractivity contribution is 6.09. The van der Waals surface area contributed by atoms with Crippen molar-refractivity contribution in [3.8, 4) is 114 Å². The van der Waals surface area contributed by atoms with Gasteiger partial charge >= 0.3 is 0 Å². The number of hydrogen-bond acceptors (Lipinski definition) is 22. The summed E-state index contributed by atoms with van der Waals surface area (Å²) in [7, 11) is 0. The van der Waals surface area contributed by atoms with Crippen molar-refractivity contribution in [1.29, 1.82) is 0 Å². The number of aromatic hydroxyl groups is 12. The minimum absolute atomic E-state index is 0.0266. The van der Waals surface area contributed by atoms with Gasteiger partial charge in [-0.2, -0.15) is 0 Å². The number of carbonyl (C=O) groups is 2. The summed E-state index contributed by atoms with van der Waals surface area (Å²) >= 11 is 0. The third kappa shape index (κ3) is 26.5. The molecule has 12 N–H and O–H groups in total. The van der Waals surface area contributed by atoms with E-state index in [1.54, 1.807) is 38.1 Å². The molecule has 3 aromatic heterocycles. The molecule has 10 aromatic carbocycles. The van der Waals surface area contributed by atoms with Crippen molar-refractivity contribution in [3.05, 3.63) is 323 Å². The number of Topliss-reactive ketones (excluding diaryl/α,β-unsaturated/α-hetero) is 2. The Hall–Kier alpha value is -14.9. The Kier molecular flexibility index (Phi) is 37.7. The third-order valence-electron chi connectivity index (χ3n) is 26.8. The topological polar surface area (TPSA) is 386 Å². The summed E-state index contributed by atoms with van der Waals surface area (Å²) in [5, 5.41) is 129. The molecule has 2 aliphatic rings. The van der Waals surface area contributed by atoms with Crippen LogP contribution in [0.4, 0.5) is 0 Å². The number of fused-ring (bicyclic) bond motifs is 5. The van der Waals surface area contributed by atoms with Gasteiger partial charge in [0.15, 0.2) is 11.6 Å². The molecule has 0 aliphatic carbocycles. The second kappa shape index (κ2) is 49.3. The van der Waals surface area contributed by atoms with E-state index in [1.807, 2.05) is 199 Å². The lowest BCUT2D eigenvalue weighted by molar-refractivity contribution is 0.0881. The van der Waals surface area contributed by atoms with Gasteiger partial charge in [0.2, 0.25) is 16.3 Å². The van der Waals surface area contributed by atoms with Crippen molar-refractivity contribution in [2.24, 2.45) is 23.7 Å². The molecule has 2 atom stereocenters. The van der Waals surface area contributed by atoms with Crippen LogP contribution in [0.5, 0.6) is 80.5 Å². The van der Waals surface area contributed by atoms with Gasteiger partial charge in [-0.05, 0) is 262 Å². The van der Waals surface area contributed by atoms with Gasteiger partial charge in [-0.25, -0.2) is 0 Å². The normalized spacial score (nSPS) is 13.0. The number of rotatable bonds is 27. The van der Waals surface area contributed by atoms with E-state index >= 15 is 0 Å². The minimum atomic E-state index is -0.620. The second-order valence-corrected chi connectivity index (χ2v) is 41.8. The molecule has 147 heavy (non-hydrogen) atoms. The SMILES string of the molecule is CC(C)=CCc1c(O)c(CC=C(C)C)c2occ(-c3ccc(C)c(O)c3)c(=O)c2c1O.CC(C)=CCc1c(O)c(CC=C(C)C)c2occ(-c3ccc(C)cc3)c(=O)c2c1O.CC(C)=CCc1c(O)cc2occ(-c3ccc(C)cc3)c(=O)c2c1O.Cc1ccc(C2COc3c(CCC(C)C)c(O)c(CCC(C)C)c(O)c3C2=O)cc1.Cc1ccc(C2COc3c(CCC(C)C)c(O)c(CCC(C)C)c(O)c3C2=O)cc1O. The fourth-order valence-electron chi connectivity index (χ4n) is 17.6. The standard InChI is InChI=1S/C26H34O5.C26H28O5.C26H34O4.C26H28O4.C21H20O4/c2*1-14(2)6-10-18-23(28)19(11-7-15(3)4)26-22(24(18)29)25(30)20(13-31-26)17-9-8-16(5)21(27)12-17;2*1-15(2)6-12-19-23(27)20(13-7-16(3)4)26-22(24(19)28)25(29)21(14-30-26)18-10-8-17(5)9-11-18;1-12(2)4-9-15-17(22)10-18-19(20(15)23)21(24)16(11-25-18)14-7-5-13(3)6-8-14/h8-9,12,14-15,20,27-29H,6-7,10-11,13H2,1-5H3;6-9,12-13,27-29H,10-11H2,1-5H3;8-11,15-16,21,27-28H,6-7,12-14H2,1-5H3;6-11,14,27-28H,12-13H2,1-5H3;4-8,10-11,22-23H,9H2,1-3H3. The maximum absolute atomic E-state index is 13.5. The fourth-order valence-corrected chi connectivity index (χ4v) is 17.6. The van der Waals surface area contributed by atoms with E-state index in [-0.39, 0.29) is 161 Å². The lowest BCUT2D eigenvalue weighted by Crippen LogP contribution is -2.27. The molecule has 0 spiro atoms. The molecule has 2 unspecified atom stereocenters. The molecule has 776 valence electrons. The predicted molar refractivity (Wildman–Crippen MR) is 587 cm³/mol. The van der Waals surface area contributed by atoms with Gasteiger partial charge in [0.25, 0.3) is 0 Å². The number of phenolic OH excluding ortho intramolecular Hbond substituents is 12. The molecule has 0 saturated heterocycles. The average molecular weight is 2000 g/mol. The zero-order chi connectivity index (χ0) is 108. The lowest BCUT2D eigenvalue weighted by Gasteiger charge is -2.29. The van der Waals surface area contributed by atoms with E-state index in [2.05, 4.69) is 55.4 Å². The maximum Gasteiger partial charge on any atom is 0.204 e. The fraction of sp³-hybridized carbons (Fsp3) is 0.352. The highest BCUT2D eigenvalue weighted by atomic mass is 16.5. The Labute approximate surface area is 861 Å². The summed E-state index contributed by atoms with van der Waals surface area (Å²) < 4.78 is 29.2. The predicted octanol–water partition coefficient (Wildman–Crippen LogP) is 28.4. The first-order valence-electron chi connectivity index (χ1n) is 50.5. The Morgan fingerprint density at radius 3 is 0.973 bits per heavy atom. The van der Waals surface area contributed by atoms with Crippen molar-refractivity contribution in [3.63, 3.8) is 0 Å². The van der Waals surface area contributed by atoms with Crippen LogP contribution in [0.1, 0.15) is 272 Å². The zero-order valence-electron chi connectivity index (χ0n) is 89.1. The van der Waals surface area contributed by atoms with E-state index in [4.69, 9.17) is 22.7 Å². The molecule has 22 nitrogen and oxygen atoms in total. The van der Waals surface area contributed by atoms with Gasteiger partial charge in [0, 0.05) is 56.1 Å². The molecule has 13 aromatic rings. The van der Waals surface area contributed by atoms with Gasteiger partial charge < -0.3 is 84.0 Å². The van der Waals surface area contributed by atoms with Crippen LogP contribution < -0.4 is 25.8 Å². The number of hydrogen-bond donors (Lipinski definition) is 12. The van der Waals surface area contributed by atoms with Crippen LogP contribution in [-0.4, -0.2) is 86.1 Å². The van der Waals surface area contributed by atoms with Crippen molar-refractivity contribution in [1.82, 2.24) is 0 Å². The van der Waals surface area contributed by atoms with Gasteiger partial charge in [-0.1, -0.05) is 227 Å². The summed E-state index contributed by atoms with van der Waals surface area (Å²) in [5.74, 6) is 0.0684. The zero-order valence-corrected chi connectivity index (χ0v) is 89.1. The highest BCUT2D eigenvalue weighted by Gasteiger charge is 2.40. The first kappa shape index (κ1) is 112. The molecule has 0 saturated carbocycles. The lowest BCUT2D eigenvalue weighted by atomic mass is 9.83. The summed E-state index contributed by atoms with van der Waals surface area (Å²) in [6.07, 6.45) is 20.9. The van der Waals surface area contributed by atoms with E-state index in [1.165, 1.54) is 30.9 Å². The molecular weight excluding hydrogens is 1850 g/mol. The van der Waals surface area contributed by atoms with Crippen molar-refractivity contribution in [2.75, 3.05) is 13.2 Å². The van der Waals surface area contributed by atoms with Crippen LogP contribution in [0.25, 0.3) is 66.3 Å². The van der Waals surface area contributed by atoms with Crippen molar-refractivity contribution < 1.29 is 93.6 Å².